The van der Waals surface area contributed by atoms with Gasteiger partial charge in [0.1, 0.15) is 35.6 Å². The molecule has 0 aliphatic rings. The number of nitrogen functional groups attached to an aromatic ring is 1. The van der Waals surface area contributed by atoms with E-state index in [9.17, 15) is 113 Å². The third-order valence-corrected chi connectivity index (χ3v) is 15.7. The van der Waals surface area contributed by atoms with E-state index in [4.69, 9.17) is 5.73 Å². The van der Waals surface area contributed by atoms with Gasteiger partial charge in [-0.3, -0.25) is 52.6 Å². The molecule has 0 spiro atoms. The predicted molar refractivity (Wildman–Crippen MR) is 364 cm³/mol. The highest BCUT2D eigenvalue weighted by Crippen LogP contribution is 2.31. The second kappa shape index (κ2) is 34.5. The molecule has 42 heteroatoms. The number of nitrogens with zero attached hydrogens (tertiary/aromatic N) is 3. The number of nitrogens with one attached hydrogen (secondary N) is 8. The van der Waals surface area contributed by atoms with Crippen molar-refractivity contribution < 1.29 is 113 Å². The average Bonchev–Trinajstić information content (AvgIpc) is 1.64. The van der Waals surface area contributed by atoms with Gasteiger partial charge in [0.2, 0.25) is 20.0 Å². The third-order valence-electron chi connectivity index (χ3n) is 14.5. The fourth-order valence-corrected chi connectivity index (χ4v) is 10.3. The summed E-state index contributed by atoms with van der Waals surface area (Å²) in [5, 5.41) is 12.2. The second-order valence-corrected chi connectivity index (χ2v) is 25.4. The maximum atomic E-state index is 13.9. The number of rotatable bonds is 19. The Morgan fingerprint density at radius 2 is 0.644 bits per heavy atom. The monoisotopic (exact) mass is 1540 g/mol. The first-order chi connectivity index (χ1) is 44.6. The van der Waals surface area contributed by atoms with E-state index in [0.29, 0.717) is 26.5 Å². The van der Waals surface area contributed by atoms with E-state index in [1.807, 2.05) is 9.44 Å². The molecule has 0 saturated heterocycles. The lowest BCUT2D eigenvalue weighted by Gasteiger charge is -2.16. The van der Waals surface area contributed by atoms with Crippen molar-refractivity contribution >= 4 is 147 Å². The minimum absolute atomic E-state index is 0. The molecule has 10 N–H and O–H groups in total. The van der Waals surface area contributed by atoms with E-state index in [2.05, 4.69) is 16.0 Å². The number of hydrogen-bond donors (Lipinski definition) is 9. The fraction of sp³-hybridized carbons (Fsp3) is 0.339. The average molecular weight is 1540 g/mol. The highest BCUT2D eigenvalue weighted by Gasteiger charge is 2.42. The summed E-state index contributed by atoms with van der Waals surface area (Å²) in [4.78, 5) is 112. The molecular weight excluding hydrogens is 1470 g/mol. The third kappa shape index (κ3) is 22.7. The Balaban J connectivity index is 0.000000748. The largest absolute Gasteiger partial charge is 0.408 e. The Morgan fingerprint density at radius 3 is 0.861 bits per heavy atom. The number of halogens is 12. The summed E-state index contributed by atoms with van der Waals surface area (Å²) in [7, 11) is -3.48. The van der Waals surface area contributed by atoms with Crippen molar-refractivity contribution in [1.82, 2.24) is 29.7 Å². The van der Waals surface area contributed by atoms with E-state index < -0.39 is 138 Å². The normalized spacial score (nSPS) is 12.3. The Kier molecular flexibility index (Phi) is 30.7. The molecule has 0 radical (unpaired) electrons. The highest BCUT2D eigenvalue weighted by molar-refractivity contribution is 7.92. The topological polar surface area (TPSA) is 359 Å². The number of hydrogen-bond acceptors (Lipinski definition) is 14. The van der Waals surface area contributed by atoms with Gasteiger partial charge in [-0.15, -0.1) is 0 Å². The van der Waals surface area contributed by atoms with Crippen LogP contribution >= 0.6 is 40.5 Å². The van der Waals surface area contributed by atoms with E-state index in [-0.39, 0.29) is 125 Å². The lowest BCUT2D eigenvalue weighted by atomic mass is 10.1. The number of sulfonamides is 2. The highest BCUT2D eigenvalue weighted by atomic mass is 32.2. The van der Waals surface area contributed by atoms with Gasteiger partial charge in [0.15, 0.2) is 0 Å². The number of alkyl halides is 9. The van der Waals surface area contributed by atoms with Crippen LogP contribution in [-0.2, 0) is 55.6 Å². The first-order valence-electron chi connectivity index (χ1n) is 27.9. The molecule has 3 atom stereocenters. The molecule has 3 aromatic heterocycles. The van der Waals surface area contributed by atoms with Gasteiger partial charge in [-0.2, -0.15) is 80.0 Å². The molecule has 3 aromatic carbocycles. The number of amides is 6. The number of Topliss-reactive ketones (excluding diaryl/α,β-unsaturated/α-hetero) is 3. The predicted octanol–water partition coefficient (Wildman–Crippen LogP) is 8.51. The minimum atomic E-state index is -4.75. The SMILES string of the molecule is Cc1c(C(=O)Nc2ccc(F)c(N)c2)c(C)n(C)c1C(=O)C(=O)N[C@@H](C)C(F)(F)F.Cc1c(C(=O)Nc2ccc(F)c(NS(C)(=O)=O)c2)c(C)n(C)c1C(=O)C(=O)N[C@@H](C)C(F)(F)F.Cc1c(C(=O)Nc2ccc(F)c(NS(C)(=O)=O)c2)c(C)n(C)c1C(=O)C(=O)N[C@@H](C)C(F)(F)F.S.S.S. The van der Waals surface area contributed by atoms with Crippen molar-refractivity contribution in [2.24, 2.45) is 21.1 Å². The van der Waals surface area contributed by atoms with Crippen molar-refractivity contribution in [2.45, 2.75) is 99.0 Å². The van der Waals surface area contributed by atoms with Crippen LogP contribution in [0.15, 0.2) is 54.6 Å². The number of ketones is 3. The van der Waals surface area contributed by atoms with Crippen molar-refractivity contribution in [3.63, 3.8) is 0 Å². The summed E-state index contributed by atoms with van der Waals surface area (Å²) < 4.78 is 208. The molecule has 3 heterocycles. The van der Waals surface area contributed by atoms with Gasteiger partial charge in [0.25, 0.3) is 52.8 Å². The van der Waals surface area contributed by atoms with E-state index in [0.717, 1.165) is 42.8 Å². The van der Waals surface area contributed by atoms with Crippen LogP contribution in [0.25, 0.3) is 0 Å². The fourth-order valence-electron chi connectivity index (χ4n) is 9.22. The number of carbonyl (C=O) groups is 9. The Morgan fingerprint density at radius 1 is 0.416 bits per heavy atom. The molecule has 0 aliphatic heterocycles. The smallest absolute Gasteiger partial charge is 0.396 e. The molecule has 6 aromatic rings. The molecule has 6 amide bonds. The van der Waals surface area contributed by atoms with E-state index in [1.165, 1.54) is 101 Å². The summed E-state index contributed by atoms with van der Waals surface area (Å²) in [5.74, 6) is -12.8. The maximum absolute atomic E-state index is 13.9. The van der Waals surface area contributed by atoms with E-state index in [1.54, 1.807) is 16.0 Å². The molecule has 0 bridgehead atoms. The summed E-state index contributed by atoms with van der Waals surface area (Å²) in [6.45, 7) is 10.6. The number of nitrogens with two attached hydrogens (primary N) is 1. The van der Waals surface area contributed by atoms with Gasteiger partial charge in [-0.25, -0.2) is 30.0 Å². The first-order valence-corrected chi connectivity index (χ1v) is 31.7. The molecule has 0 aliphatic carbocycles. The van der Waals surface area contributed by atoms with E-state index >= 15 is 0 Å². The summed E-state index contributed by atoms with van der Waals surface area (Å²) >= 11 is 0. The molecule has 0 saturated carbocycles. The zero-order valence-corrected chi connectivity index (χ0v) is 60.1. The number of carbonyl (C=O) groups excluding carboxylic acids is 9. The molecule has 6 rings (SSSR count). The van der Waals surface area contributed by atoms with Crippen LogP contribution < -0.4 is 47.1 Å². The van der Waals surface area contributed by atoms with Crippen LogP contribution in [0.1, 0.15) is 117 Å². The van der Waals surface area contributed by atoms with Gasteiger partial charge < -0.3 is 51.3 Å². The van der Waals surface area contributed by atoms with Gasteiger partial charge in [-0.1, -0.05) is 0 Å². The van der Waals surface area contributed by atoms with Crippen LogP contribution in [0.2, 0.25) is 0 Å². The standard InChI is InChI=1S/2C20H22F4N4O5S.C19H20F4N4O3.3H2S/c2*1-9-15(18(30)26-12-6-7-13(21)14(8-12)27-34(5,32)33)10(2)28(4)16(9)17(29)19(31)25-11(3)20(22,23)24;1-8-14(17(29)26-11-5-6-12(20)13(24)7-11)9(2)27(4)15(8)16(28)18(30)25-10(3)19(21,22)23;;;/h2*6-8,11,27H,1-5H3,(H,25,31)(H,26,30);5-7,10H,24H2,1-4H3,(H,25,30)(H,26,29);3*1H2/t2*11-;10-;;;/m000.../s1. The van der Waals surface area contributed by atoms with Crippen LogP contribution in [0, 0.1) is 59.0 Å². The zero-order chi connectivity index (χ0) is 75.3. The summed E-state index contributed by atoms with van der Waals surface area (Å²) in [6, 6.07) is 3.10. The Bertz CT molecular complexity index is 4260. The van der Waals surface area contributed by atoms with Crippen LogP contribution in [0.3, 0.4) is 0 Å². The Labute approximate surface area is 590 Å². The van der Waals surface area contributed by atoms with Crippen molar-refractivity contribution in [2.75, 3.05) is 43.6 Å². The van der Waals surface area contributed by atoms with Crippen LogP contribution in [0.4, 0.5) is 86.8 Å². The molecule has 101 heavy (non-hydrogen) atoms. The maximum Gasteiger partial charge on any atom is 0.408 e. The van der Waals surface area contributed by atoms with Crippen LogP contribution in [0.5, 0.6) is 0 Å². The molecule has 0 fully saturated rings. The molecule has 0 unspecified atom stereocenters. The van der Waals surface area contributed by atoms with Crippen molar-refractivity contribution in [3.05, 3.63) is 140 Å². The minimum Gasteiger partial charge on any atom is -0.396 e. The summed E-state index contributed by atoms with van der Waals surface area (Å²) in [6.07, 6.45) is -12.6. The number of anilines is 6. The first kappa shape index (κ1) is 89.9. The second-order valence-electron chi connectivity index (χ2n) is 21.9. The molecular formula is C59H70F12N12O13S5. The van der Waals surface area contributed by atoms with Crippen molar-refractivity contribution in [3.8, 4) is 0 Å². The quantitative estimate of drug-likeness (QED) is 0.0159. The zero-order valence-electron chi connectivity index (χ0n) is 55.5. The van der Waals surface area contributed by atoms with Gasteiger partial charge in [0.05, 0.1) is 63.3 Å². The van der Waals surface area contributed by atoms with Gasteiger partial charge >= 0.3 is 18.5 Å². The number of aromatic nitrogens is 3. The van der Waals surface area contributed by atoms with Crippen molar-refractivity contribution in [1.29, 1.82) is 0 Å². The lowest BCUT2D eigenvalue weighted by Crippen LogP contribution is -2.46. The van der Waals surface area contributed by atoms with Crippen LogP contribution in [-0.4, -0.2) is 132 Å². The van der Waals surface area contributed by atoms with Gasteiger partial charge in [-0.05, 0) is 134 Å². The number of benzene rings is 3. The summed E-state index contributed by atoms with van der Waals surface area (Å²) in [5.41, 5.74) is 4.85. The lowest BCUT2D eigenvalue weighted by molar-refractivity contribution is -0.156. The van der Waals surface area contributed by atoms with Gasteiger partial charge in [0, 0.05) is 55.3 Å². The Hall–Kier alpha value is -9.16. The molecule has 25 nitrogen and oxygen atoms in total. The molecule has 558 valence electrons.